The smallest absolute Gasteiger partial charge is 0.264 e. The van der Waals surface area contributed by atoms with E-state index in [2.05, 4.69) is 5.32 Å². The van der Waals surface area contributed by atoms with Crippen molar-refractivity contribution in [3.63, 3.8) is 0 Å². The molecular formula is C36H39Cl2N3O4S. The molecule has 0 heterocycles. The molecule has 0 saturated carbocycles. The maximum absolute atomic E-state index is 14.6. The van der Waals surface area contributed by atoms with Crippen molar-refractivity contribution in [2.24, 2.45) is 0 Å². The number of sulfonamides is 1. The fraction of sp³-hybridized carbons (Fsp3) is 0.278. The normalized spacial score (nSPS) is 12.7. The monoisotopic (exact) mass is 679 g/mol. The molecule has 7 nitrogen and oxygen atoms in total. The van der Waals surface area contributed by atoms with E-state index in [1.807, 2.05) is 64.1 Å². The zero-order chi connectivity index (χ0) is 33.4. The molecule has 0 radical (unpaired) electrons. The lowest BCUT2D eigenvalue weighted by atomic mass is 10.0. The van der Waals surface area contributed by atoms with Gasteiger partial charge in [0.2, 0.25) is 11.8 Å². The van der Waals surface area contributed by atoms with Gasteiger partial charge in [0, 0.05) is 29.1 Å². The van der Waals surface area contributed by atoms with Gasteiger partial charge in [-0.25, -0.2) is 8.42 Å². The Hall–Kier alpha value is -3.85. The first-order valence-electron chi connectivity index (χ1n) is 15.1. The van der Waals surface area contributed by atoms with Crippen LogP contribution in [0.3, 0.4) is 0 Å². The molecule has 4 rings (SSSR count). The minimum Gasteiger partial charge on any atom is -0.352 e. The number of nitrogens with one attached hydrogen (secondary N) is 1. The molecule has 0 aromatic heterocycles. The molecule has 46 heavy (non-hydrogen) atoms. The Balaban J connectivity index is 1.85. The van der Waals surface area contributed by atoms with Gasteiger partial charge in [-0.3, -0.25) is 13.9 Å². The molecule has 0 aliphatic rings. The Kier molecular flexibility index (Phi) is 11.9. The van der Waals surface area contributed by atoms with Gasteiger partial charge < -0.3 is 10.2 Å². The SMILES string of the molecule is CCC(C)NC(=O)C(Cc1ccccc1)N(Cc1ccc(Cl)cc1Cl)C(=O)CN(c1cc(C)cc(C)c1)S(=O)(=O)c1ccccc1. The van der Waals surface area contributed by atoms with E-state index in [-0.39, 0.29) is 29.8 Å². The van der Waals surface area contributed by atoms with Gasteiger partial charge in [-0.2, -0.15) is 0 Å². The fourth-order valence-electron chi connectivity index (χ4n) is 5.17. The van der Waals surface area contributed by atoms with Gasteiger partial charge in [0.25, 0.3) is 10.0 Å². The minimum absolute atomic E-state index is 0.0459. The first-order chi connectivity index (χ1) is 21.9. The Morgan fingerprint density at radius 2 is 1.46 bits per heavy atom. The summed E-state index contributed by atoms with van der Waals surface area (Å²) >= 11 is 12.8. The summed E-state index contributed by atoms with van der Waals surface area (Å²) in [5.74, 6) is -0.912. The molecule has 1 N–H and O–H groups in total. The quantitative estimate of drug-likeness (QED) is 0.160. The van der Waals surface area contributed by atoms with Gasteiger partial charge in [-0.05, 0) is 85.8 Å². The van der Waals surface area contributed by atoms with Crippen LogP contribution in [0.15, 0.2) is 102 Å². The molecule has 0 fully saturated rings. The largest absolute Gasteiger partial charge is 0.352 e. The van der Waals surface area contributed by atoms with Crippen molar-refractivity contribution in [1.29, 1.82) is 0 Å². The van der Waals surface area contributed by atoms with Crippen LogP contribution in [0.1, 0.15) is 42.5 Å². The first-order valence-corrected chi connectivity index (χ1v) is 17.3. The summed E-state index contributed by atoms with van der Waals surface area (Å²) in [6.45, 7) is 7.00. The lowest BCUT2D eigenvalue weighted by molar-refractivity contribution is -0.140. The zero-order valence-corrected chi connectivity index (χ0v) is 28.7. The number of carbonyl (C=O) groups excluding carboxylic acids is 2. The predicted octanol–water partition coefficient (Wildman–Crippen LogP) is 7.36. The van der Waals surface area contributed by atoms with E-state index >= 15 is 0 Å². The summed E-state index contributed by atoms with van der Waals surface area (Å²) in [5, 5.41) is 3.79. The number of hydrogen-bond donors (Lipinski definition) is 1. The Labute approximate surface area is 282 Å². The maximum Gasteiger partial charge on any atom is 0.264 e. The second-order valence-corrected chi connectivity index (χ2v) is 14.2. The summed E-state index contributed by atoms with van der Waals surface area (Å²) in [5.41, 5.74) is 3.45. The second kappa shape index (κ2) is 15.6. The Morgan fingerprint density at radius 1 is 0.848 bits per heavy atom. The lowest BCUT2D eigenvalue weighted by Gasteiger charge is -2.34. The number of benzene rings is 4. The molecule has 0 saturated heterocycles. The van der Waals surface area contributed by atoms with E-state index in [1.165, 1.54) is 17.0 Å². The van der Waals surface area contributed by atoms with Crippen molar-refractivity contribution in [2.45, 2.75) is 64.1 Å². The van der Waals surface area contributed by atoms with Gasteiger partial charge >= 0.3 is 0 Å². The number of anilines is 1. The highest BCUT2D eigenvalue weighted by Gasteiger charge is 2.35. The number of amides is 2. The molecule has 10 heteroatoms. The average Bonchev–Trinajstić information content (AvgIpc) is 3.02. The highest BCUT2D eigenvalue weighted by Crippen LogP contribution is 2.28. The minimum atomic E-state index is -4.19. The summed E-state index contributed by atoms with van der Waals surface area (Å²) in [6, 6.07) is 26.6. The van der Waals surface area contributed by atoms with Gasteiger partial charge in [-0.15, -0.1) is 0 Å². The average molecular weight is 681 g/mol. The third-order valence-corrected chi connectivity index (χ3v) is 10.1. The highest BCUT2D eigenvalue weighted by atomic mass is 35.5. The topological polar surface area (TPSA) is 86.8 Å². The van der Waals surface area contributed by atoms with Crippen LogP contribution in [-0.4, -0.2) is 43.8 Å². The number of rotatable bonds is 13. The van der Waals surface area contributed by atoms with Crippen LogP contribution < -0.4 is 9.62 Å². The summed E-state index contributed by atoms with van der Waals surface area (Å²) < 4.78 is 29.5. The van der Waals surface area contributed by atoms with Gasteiger partial charge in [0.1, 0.15) is 12.6 Å². The second-order valence-electron chi connectivity index (χ2n) is 11.5. The predicted molar refractivity (Wildman–Crippen MR) is 186 cm³/mol. The first kappa shape index (κ1) is 35.0. The van der Waals surface area contributed by atoms with Crippen molar-refractivity contribution in [2.75, 3.05) is 10.8 Å². The van der Waals surface area contributed by atoms with Crippen LogP contribution in [0.25, 0.3) is 0 Å². The molecular weight excluding hydrogens is 641 g/mol. The van der Waals surface area contributed by atoms with Gasteiger partial charge in [0.05, 0.1) is 10.6 Å². The molecule has 2 amide bonds. The Bertz CT molecular complexity index is 1750. The highest BCUT2D eigenvalue weighted by molar-refractivity contribution is 7.92. The van der Waals surface area contributed by atoms with Crippen molar-refractivity contribution >= 4 is 50.7 Å². The standard InChI is InChI=1S/C36H39Cl2N3O4S/c1-5-27(4)39-36(43)34(21-28-12-8-6-9-13-28)40(23-29-16-17-30(37)22-33(29)38)35(42)24-41(31-19-25(2)18-26(3)20-31)46(44,45)32-14-10-7-11-15-32/h6-20,22,27,34H,5,21,23-24H2,1-4H3,(H,39,43). The van der Waals surface area contributed by atoms with Crippen LogP contribution in [0.4, 0.5) is 5.69 Å². The van der Waals surface area contributed by atoms with E-state index in [4.69, 9.17) is 23.2 Å². The van der Waals surface area contributed by atoms with E-state index in [1.54, 1.807) is 48.5 Å². The van der Waals surface area contributed by atoms with E-state index in [0.717, 1.165) is 21.0 Å². The summed E-state index contributed by atoms with van der Waals surface area (Å²) in [4.78, 5) is 30.1. The molecule has 0 spiro atoms. The van der Waals surface area contributed by atoms with E-state index in [9.17, 15) is 18.0 Å². The molecule has 242 valence electrons. The fourth-order valence-corrected chi connectivity index (χ4v) is 7.06. The van der Waals surface area contributed by atoms with Crippen LogP contribution in [0, 0.1) is 13.8 Å². The molecule has 4 aromatic rings. The number of carbonyl (C=O) groups is 2. The third-order valence-electron chi connectivity index (χ3n) is 7.73. The van der Waals surface area contributed by atoms with Gasteiger partial charge in [-0.1, -0.05) is 90.8 Å². The van der Waals surface area contributed by atoms with E-state index in [0.29, 0.717) is 27.7 Å². The van der Waals surface area contributed by atoms with E-state index < -0.39 is 28.5 Å². The number of halogens is 2. The maximum atomic E-state index is 14.6. The number of aryl methyl sites for hydroxylation is 2. The molecule has 0 aliphatic heterocycles. The zero-order valence-electron chi connectivity index (χ0n) is 26.4. The van der Waals surface area contributed by atoms with Crippen LogP contribution >= 0.6 is 23.2 Å². The van der Waals surface area contributed by atoms with Crippen LogP contribution in [0.5, 0.6) is 0 Å². The molecule has 4 aromatic carbocycles. The van der Waals surface area contributed by atoms with Crippen molar-refractivity contribution in [3.05, 3.63) is 129 Å². The van der Waals surface area contributed by atoms with Gasteiger partial charge in [0.15, 0.2) is 0 Å². The molecule has 2 atom stereocenters. The third kappa shape index (κ3) is 8.90. The van der Waals surface area contributed by atoms with Crippen LogP contribution in [0.2, 0.25) is 10.0 Å². The van der Waals surface area contributed by atoms with Crippen LogP contribution in [-0.2, 0) is 32.6 Å². The molecule has 0 bridgehead atoms. The molecule has 2 unspecified atom stereocenters. The number of nitrogens with zero attached hydrogens (tertiary/aromatic N) is 2. The molecule has 0 aliphatic carbocycles. The Morgan fingerprint density at radius 3 is 2.04 bits per heavy atom. The summed E-state index contributed by atoms with van der Waals surface area (Å²) in [6.07, 6.45) is 0.894. The number of hydrogen-bond acceptors (Lipinski definition) is 4. The summed E-state index contributed by atoms with van der Waals surface area (Å²) in [7, 11) is -4.19. The lowest BCUT2D eigenvalue weighted by Crippen LogP contribution is -2.54. The van der Waals surface area contributed by atoms with Crippen molar-refractivity contribution in [1.82, 2.24) is 10.2 Å². The van der Waals surface area contributed by atoms with Crippen molar-refractivity contribution < 1.29 is 18.0 Å². The van der Waals surface area contributed by atoms with Crippen molar-refractivity contribution in [3.8, 4) is 0 Å².